The zero-order valence-electron chi connectivity index (χ0n) is 14.5. The molecule has 1 aliphatic rings. The second-order valence-corrected chi connectivity index (χ2v) is 8.97. The van der Waals surface area contributed by atoms with Gasteiger partial charge in [-0.2, -0.15) is 4.98 Å². The SMILES string of the molecule is CN(CCc1noc(C2CN(Cc3c(F)cccc3Cl)C2)n1)S(C)(=O)=O. The van der Waals surface area contributed by atoms with Crippen molar-refractivity contribution < 1.29 is 17.3 Å². The van der Waals surface area contributed by atoms with Gasteiger partial charge in [0.15, 0.2) is 5.82 Å². The first-order chi connectivity index (χ1) is 12.2. The van der Waals surface area contributed by atoms with Crippen molar-refractivity contribution >= 4 is 21.6 Å². The summed E-state index contributed by atoms with van der Waals surface area (Å²) in [7, 11) is -1.71. The minimum absolute atomic E-state index is 0.0921. The van der Waals surface area contributed by atoms with E-state index >= 15 is 0 Å². The van der Waals surface area contributed by atoms with Crippen molar-refractivity contribution in [3.05, 3.63) is 46.3 Å². The molecule has 26 heavy (non-hydrogen) atoms. The summed E-state index contributed by atoms with van der Waals surface area (Å²) in [6.07, 6.45) is 1.54. The van der Waals surface area contributed by atoms with Crippen LogP contribution in [0.25, 0.3) is 0 Å². The number of likely N-dealkylation sites (tertiary alicyclic amines) is 1. The molecule has 3 rings (SSSR count). The first-order valence-corrected chi connectivity index (χ1v) is 10.4. The van der Waals surface area contributed by atoms with E-state index in [1.165, 1.54) is 17.4 Å². The van der Waals surface area contributed by atoms with Gasteiger partial charge in [0.25, 0.3) is 0 Å². The number of rotatable bonds is 7. The topological polar surface area (TPSA) is 79.5 Å². The van der Waals surface area contributed by atoms with Crippen molar-refractivity contribution in [2.45, 2.75) is 18.9 Å². The van der Waals surface area contributed by atoms with E-state index in [1.54, 1.807) is 12.1 Å². The Morgan fingerprint density at radius 3 is 2.81 bits per heavy atom. The Kier molecular flexibility index (Phi) is 5.61. The van der Waals surface area contributed by atoms with Crippen molar-refractivity contribution in [3.8, 4) is 0 Å². The summed E-state index contributed by atoms with van der Waals surface area (Å²) >= 11 is 6.05. The summed E-state index contributed by atoms with van der Waals surface area (Å²) in [5.74, 6) is 0.787. The van der Waals surface area contributed by atoms with Crippen LogP contribution in [0.1, 0.15) is 23.2 Å². The van der Waals surface area contributed by atoms with Gasteiger partial charge in [-0.05, 0) is 12.1 Å². The summed E-state index contributed by atoms with van der Waals surface area (Å²) in [5, 5.41) is 4.32. The highest BCUT2D eigenvalue weighted by Crippen LogP contribution is 2.29. The third kappa shape index (κ3) is 4.40. The molecule has 2 heterocycles. The molecular formula is C16H20ClFN4O3S. The average molecular weight is 403 g/mol. The maximum Gasteiger partial charge on any atom is 0.232 e. The lowest BCUT2D eigenvalue weighted by Gasteiger charge is -2.37. The summed E-state index contributed by atoms with van der Waals surface area (Å²) in [6, 6.07) is 4.66. The lowest BCUT2D eigenvalue weighted by atomic mass is 9.99. The maximum atomic E-state index is 13.8. The maximum absolute atomic E-state index is 13.8. The zero-order chi connectivity index (χ0) is 18.9. The monoisotopic (exact) mass is 402 g/mol. The van der Waals surface area contributed by atoms with Crippen molar-refractivity contribution in [2.75, 3.05) is 32.9 Å². The molecule has 0 N–H and O–H groups in total. The largest absolute Gasteiger partial charge is 0.339 e. The molecule has 0 bridgehead atoms. The predicted molar refractivity (Wildman–Crippen MR) is 94.9 cm³/mol. The second-order valence-electron chi connectivity index (χ2n) is 6.47. The third-order valence-corrected chi connectivity index (χ3v) is 6.12. The predicted octanol–water partition coefficient (Wildman–Crippen LogP) is 1.90. The van der Waals surface area contributed by atoms with Gasteiger partial charge in [0, 0.05) is 50.2 Å². The molecule has 7 nitrogen and oxygen atoms in total. The molecule has 1 aliphatic heterocycles. The van der Waals surface area contributed by atoms with Crippen molar-refractivity contribution in [3.63, 3.8) is 0 Å². The van der Waals surface area contributed by atoms with E-state index in [0.29, 0.717) is 54.9 Å². The number of likely N-dealkylation sites (N-methyl/N-ethyl adjacent to an activating group) is 1. The van der Waals surface area contributed by atoms with Gasteiger partial charge in [-0.25, -0.2) is 17.1 Å². The Bertz CT molecular complexity index is 863. The first kappa shape index (κ1) is 19.2. The molecule has 0 aliphatic carbocycles. The van der Waals surface area contributed by atoms with Crippen LogP contribution >= 0.6 is 11.6 Å². The van der Waals surface area contributed by atoms with Crippen LogP contribution in [-0.2, 0) is 23.0 Å². The summed E-state index contributed by atoms with van der Waals surface area (Å²) in [5.41, 5.74) is 0.489. The summed E-state index contributed by atoms with van der Waals surface area (Å²) < 4.78 is 43.1. The highest BCUT2D eigenvalue weighted by molar-refractivity contribution is 7.88. The zero-order valence-corrected chi connectivity index (χ0v) is 16.1. The van der Waals surface area contributed by atoms with Gasteiger partial charge in [0.2, 0.25) is 15.9 Å². The second kappa shape index (κ2) is 7.59. The minimum atomic E-state index is -3.22. The molecule has 0 spiro atoms. The van der Waals surface area contributed by atoms with Crippen LogP contribution < -0.4 is 0 Å². The van der Waals surface area contributed by atoms with Gasteiger partial charge in [-0.15, -0.1) is 0 Å². The molecule has 0 unspecified atom stereocenters. The molecule has 1 fully saturated rings. The van der Waals surface area contributed by atoms with E-state index in [4.69, 9.17) is 16.1 Å². The standard InChI is InChI=1S/C16H20ClFN4O3S/c1-21(26(2,23)24)7-6-15-19-16(25-20-15)11-8-22(9-11)10-12-13(17)4-3-5-14(12)18/h3-5,11H,6-10H2,1-2H3. The Hall–Kier alpha value is -1.55. The van der Waals surface area contributed by atoms with Gasteiger partial charge < -0.3 is 4.52 Å². The lowest BCUT2D eigenvalue weighted by molar-refractivity contribution is 0.116. The van der Waals surface area contributed by atoms with E-state index in [9.17, 15) is 12.8 Å². The molecule has 0 amide bonds. The molecule has 10 heteroatoms. The quantitative estimate of drug-likeness (QED) is 0.703. The first-order valence-electron chi connectivity index (χ1n) is 8.13. The molecule has 0 atom stereocenters. The Morgan fingerprint density at radius 1 is 1.42 bits per heavy atom. The van der Waals surface area contributed by atoms with E-state index in [-0.39, 0.29) is 11.7 Å². The number of hydrogen-bond acceptors (Lipinski definition) is 6. The van der Waals surface area contributed by atoms with E-state index in [1.807, 2.05) is 0 Å². The van der Waals surface area contributed by atoms with Gasteiger partial charge in [-0.3, -0.25) is 4.90 Å². The fraction of sp³-hybridized carbons (Fsp3) is 0.500. The normalized spacial score (nSPS) is 16.2. The third-order valence-electron chi connectivity index (χ3n) is 4.45. The van der Waals surface area contributed by atoms with Crippen molar-refractivity contribution in [2.24, 2.45) is 0 Å². The molecule has 0 saturated carbocycles. The van der Waals surface area contributed by atoms with Crippen LogP contribution in [0.5, 0.6) is 0 Å². The number of nitrogens with zero attached hydrogens (tertiary/aromatic N) is 4. The van der Waals surface area contributed by atoms with Crippen molar-refractivity contribution in [1.29, 1.82) is 0 Å². The molecule has 1 saturated heterocycles. The van der Waals surface area contributed by atoms with Gasteiger partial charge >= 0.3 is 0 Å². The fourth-order valence-corrected chi connectivity index (χ4v) is 3.37. The van der Waals surface area contributed by atoms with Crippen molar-refractivity contribution in [1.82, 2.24) is 19.3 Å². The number of benzene rings is 1. The molecule has 2 aromatic rings. The van der Waals surface area contributed by atoms with Gasteiger partial charge in [0.05, 0.1) is 12.2 Å². The van der Waals surface area contributed by atoms with Crippen LogP contribution in [0.3, 0.4) is 0 Å². The molecule has 1 aromatic heterocycles. The van der Waals surface area contributed by atoms with Crippen LogP contribution in [0.4, 0.5) is 4.39 Å². The van der Waals surface area contributed by atoms with Crippen LogP contribution in [0, 0.1) is 5.82 Å². The molecule has 142 valence electrons. The highest BCUT2D eigenvalue weighted by Gasteiger charge is 2.33. The minimum Gasteiger partial charge on any atom is -0.339 e. The number of halogens is 2. The van der Waals surface area contributed by atoms with E-state index in [0.717, 1.165) is 6.26 Å². The Balaban J connectivity index is 1.51. The number of sulfonamides is 1. The summed E-state index contributed by atoms with van der Waals surface area (Å²) in [6.45, 7) is 2.08. The Labute approximate surface area is 156 Å². The van der Waals surface area contributed by atoms with E-state index < -0.39 is 10.0 Å². The number of aromatic nitrogens is 2. The van der Waals surface area contributed by atoms with Crippen LogP contribution in [0.2, 0.25) is 5.02 Å². The number of hydrogen-bond donors (Lipinski definition) is 0. The smallest absolute Gasteiger partial charge is 0.232 e. The molecule has 0 radical (unpaired) electrons. The molecule has 1 aromatic carbocycles. The van der Waals surface area contributed by atoms with Gasteiger partial charge in [-0.1, -0.05) is 22.8 Å². The van der Waals surface area contributed by atoms with Crippen LogP contribution in [-0.4, -0.2) is 60.7 Å². The van der Waals surface area contributed by atoms with Crippen LogP contribution in [0.15, 0.2) is 22.7 Å². The van der Waals surface area contributed by atoms with Gasteiger partial charge in [0.1, 0.15) is 5.82 Å². The van der Waals surface area contributed by atoms with E-state index in [2.05, 4.69) is 15.0 Å². The molecular weight excluding hydrogens is 383 g/mol. The lowest BCUT2D eigenvalue weighted by Crippen LogP contribution is -2.44. The Morgan fingerprint density at radius 2 is 2.15 bits per heavy atom. The highest BCUT2D eigenvalue weighted by atomic mass is 35.5. The average Bonchev–Trinajstić information content (AvgIpc) is 2.97. The fourth-order valence-electron chi connectivity index (χ4n) is 2.72. The summed E-state index contributed by atoms with van der Waals surface area (Å²) in [4.78, 5) is 6.39.